The largest absolute Gasteiger partial charge is 0.485 e. The van der Waals surface area contributed by atoms with Gasteiger partial charge in [-0.1, -0.05) is 60.7 Å². The molecule has 0 saturated heterocycles. The highest BCUT2D eigenvalue weighted by Gasteiger charge is 2.32. The monoisotopic (exact) mass is 445 g/mol. The average Bonchev–Trinajstić information content (AvgIpc) is 3.21. The number of hydrogen-bond acceptors (Lipinski definition) is 6. The molecular weight excluding hydrogens is 418 g/mol. The molecule has 33 heavy (non-hydrogen) atoms. The van der Waals surface area contributed by atoms with Gasteiger partial charge in [-0.15, -0.1) is 0 Å². The van der Waals surface area contributed by atoms with Gasteiger partial charge in [-0.3, -0.25) is 0 Å². The number of benzene rings is 3. The van der Waals surface area contributed by atoms with Gasteiger partial charge in [0.15, 0.2) is 11.5 Å². The molecular formula is C27H27NO5. The van der Waals surface area contributed by atoms with Crippen LogP contribution in [-0.2, 0) is 22.7 Å². The molecule has 1 aliphatic heterocycles. The first kappa shape index (κ1) is 22.4. The Hall–Kier alpha value is -3.80. The number of nitrogens with zero attached hydrogens (tertiary/aromatic N) is 1. The smallest absolute Gasteiger partial charge is 0.342 e. The van der Waals surface area contributed by atoms with Crippen LogP contribution in [0, 0.1) is 0 Å². The first-order valence-electron chi connectivity index (χ1n) is 10.8. The molecule has 3 aromatic carbocycles. The van der Waals surface area contributed by atoms with E-state index >= 15 is 0 Å². The molecule has 1 aliphatic rings. The molecule has 0 unspecified atom stereocenters. The summed E-state index contributed by atoms with van der Waals surface area (Å²) in [7, 11) is 1.34. The number of rotatable bonds is 8. The number of ether oxygens (including phenoxy) is 4. The molecule has 0 bridgehead atoms. The highest BCUT2D eigenvalue weighted by molar-refractivity contribution is 6.08. The van der Waals surface area contributed by atoms with Crippen LogP contribution in [-0.4, -0.2) is 31.1 Å². The van der Waals surface area contributed by atoms with Gasteiger partial charge in [0.25, 0.3) is 0 Å². The zero-order chi connectivity index (χ0) is 23.3. The summed E-state index contributed by atoms with van der Waals surface area (Å²) >= 11 is 0. The van der Waals surface area contributed by atoms with Crippen molar-refractivity contribution in [2.45, 2.75) is 32.6 Å². The first-order valence-corrected chi connectivity index (χ1v) is 10.8. The second kappa shape index (κ2) is 9.77. The second-order valence-electron chi connectivity index (χ2n) is 8.37. The van der Waals surface area contributed by atoms with Crippen LogP contribution >= 0.6 is 0 Å². The van der Waals surface area contributed by atoms with E-state index in [0.717, 1.165) is 11.1 Å². The van der Waals surface area contributed by atoms with Crippen molar-refractivity contribution in [1.82, 2.24) is 0 Å². The third kappa shape index (κ3) is 5.34. The minimum Gasteiger partial charge on any atom is -0.485 e. The molecule has 0 radical (unpaired) electrons. The fourth-order valence-electron chi connectivity index (χ4n) is 3.49. The predicted molar refractivity (Wildman–Crippen MR) is 126 cm³/mol. The quantitative estimate of drug-likeness (QED) is 0.447. The SMILES string of the molecule is COC(=O)c1c(C2=NC(C)(C)CO2)ccc(OCc2ccccc2)c1OCc1ccccc1. The topological polar surface area (TPSA) is 66.4 Å². The maximum Gasteiger partial charge on any atom is 0.342 e. The van der Waals surface area contributed by atoms with Crippen molar-refractivity contribution < 1.29 is 23.7 Å². The van der Waals surface area contributed by atoms with E-state index in [1.807, 2.05) is 74.5 Å². The Morgan fingerprint density at radius 3 is 2.06 bits per heavy atom. The van der Waals surface area contributed by atoms with Gasteiger partial charge in [-0.2, -0.15) is 0 Å². The van der Waals surface area contributed by atoms with Crippen molar-refractivity contribution >= 4 is 11.9 Å². The summed E-state index contributed by atoms with van der Waals surface area (Å²) in [6.07, 6.45) is 0. The molecule has 0 amide bonds. The van der Waals surface area contributed by atoms with Crippen molar-refractivity contribution in [1.29, 1.82) is 0 Å². The highest BCUT2D eigenvalue weighted by atomic mass is 16.5. The average molecular weight is 446 g/mol. The summed E-state index contributed by atoms with van der Waals surface area (Å²) < 4.78 is 23.2. The lowest BCUT2D eigenvalue weighted by Crippen LogP contribution is -2.17. The normalized spacial score (nSPS) is 14.2. The number of hydrogen-bond donors (Lipinski definition) is 0. The number of carbonyl (C=O) groups excluding carboxylic acids is 1. The van der Waals surface area contributed by atoms with Crippen molar-refractivity contribution in [2.75, 3.05) is 13.7 Å². The third-order valence-corrected chi connectivity index (χ3v) is 5.17. The molecule has 0 N–H and O–H groups in total. The van der Waals surface area contributed by atoms with E-state index in [2.05, 4.69) is 4.99 Å². The van der Waals surface area contributed by atoms with Gasteiger partial charge in [0.2, 0.25) is 5.90 Å². The van der Waals surface area contributed by atoms with Crippen LogP contribution in [0.5, 0.6) is 11.5 Å². The van der Waals surface area contributed by atoms with Crippen molar-refractivity contribution in [2.24, 2.45) is 4.99 Å². The van der Waals surface area contributed by atoms with Gasteiger partial charge in [0.1, 0.15) is 25.4 Å². The van der Waals surface area contributed by atoms with Crippen LogP contribution in [0.25, 0.3) is 0 Å². The second-order valence-corrected chi connectivity index (χ2v) is 8.37. The maximum atomic E-state index is 12.9. The molecule has 0 aromatic heterocycles. The maximum absolute atomic E-state index is 12.9. The molecule has 0 spiro atoms. The molecule has 3 aromatic rings. The molecule has 4 rings (SSSR count). The lowest BCUT2D eigenvalue weighted by molar-refractivity contribution is 0.0593. The third-order valence-electron chi connectivity index (χ3n) is 5.17. The van der Waals surface area contributed by atoms with E-state index in [1.54, 1.807) is 12.1 Å². The summed E-state index contributed by atoms with van der Waals surface area (Å²) in [6.45, 7) is 4.96. The zero-order valence-electron chi connectivity index (χ0n) is 19.0. The van der Waals surface area contributed by atoms with E-state index in [-0.39, 0.29) is 17.7 Å². The molecule has 6 nitrogen and oxygen atoms in total. The van der Waals surface area contributed by atoms with Gasteiger partial charge in [-0.25, -0.2) is 9.79 Å². The Labute approximate surface area is 193 Å². The summed E-state index contributed by atoms with van der Waals surface area (Å²) in [5.74, 6) is 0.584. The zero-order valence-corrected chi connectivity index (χ0v) is 19.0. The fourth-order valence-corrected chi connectivity index (χ4v) is 3.49. The van der Waals surface area contributed by atoms with Gasteiger partial charge in [0.05, 0.1) is 18.2 Å². The Balaban J connectivity index is 1.75. The number of aliphatic imine (C=N–C) groups is 1. The number of carbonyl (C=O) groups is 1. The molecule has 170 valence electrons. The number of esters is 1. The Morgan fingerprint density at radius 1 is 0.909 bits per heavy atom. The van der Waals surface area contributed by atoms with Crippen LogP contribution in [0.1, 0.15) is 40.9 Å². The first-order chi connectivity index (χ1) is 16.0. The van der Waals surface area contributed by atoms with E-state index in [9.17, 15) is 4.79 Å². The Kier molecular flexibility index (Phi) is 6.63. The van der Waals surface area contributed by atoms with Crippen LogP contribution in [0.2, 0.25) is 0 Å². The van der Waals surface area contributed by atoms with Crippen LogP contribution < -0.4 is 9.47 Å². The lowest BCUT2D eigenvalue weighted by Gasteiger charge is -2.18. The summed E-state index contributed by atoms with van der Waals surface area (Å²) in [6, 6.07) is 23.1. The molecule has 0 atom stereocenters. The van der Waals surface area contributed by atoms with Gasteiger partial charge in [-0.05, 0) is 37.1 Å². The Bertz CT molecular complexity index is 1140. The summed E-state index contributed by atoms with van der Waals surface area (Å²) in [5, 5.41) is 0. The van der Waals surface area contributed by atoms with Crippen molar-refractivity contribution in [3.05, 3.63) is 95.1 Å². The predicted octanol–water partition coefficient (Wildman–Crippen LogP) is 5.19. The lowest BCUT2D eigenvalue weighted by atomic mass is 10.0. The molecule has 0 fully saturated rings. The Morgan fingerprint density at radius 2 is 1.52 bits per heavy atom. The van der Waals surface area contributed by atoms with Gasteiger partial charge in [0, 0.05) is 0 Å². The minimum absolute atomic E-state index is 0.232. The molecule has 1 heterocycles. The summed E-state index contributed by atoms with van der Waals surface area (Å²) in [4.78, 5) is 17.6. The van der Waals surface area contributed by atoms with Crippen LogP contribution in [0.3, 0.4) is 0 Å². The minimum atomic E-state index is -0.547. The molecule has 0 aliphatic carbocycles. The highest BCUT2D eigenvalue weighted by Crippen LogP contribution is 2.37. The van der Waals surface area contributed by atoms with E-state index < -0.39 is 5.97 Å². The number of methoxy groups -OCH3 is 1. The molecule has 6 heteroatoms. The summed E-state index contributed by atoms with van der Waals surface area (Å²) in [5.41, 5.74) is 2.33. The van der Waals surface area contributed by atoms with Gasteiger partial charge < -0.3 is 18.9 Å². The van der Waals surface area contributed by atoms with Crippen LogP contribution in [0.15, 0.2) is 77.8 Å². The van der Waals surface area contributed by atoms with E-state index in [1.165, 1.54) is 7.11 Å². The van der Waals surface area contributed by atoms with Crippen molar-refractivity contribution in [3.8, 4) is 11.5 Å². The van der Waals surface area contributed by atoms with Crippen LogP contribution in [0.4, 0.5) is 0 Å². The standard InChI is InChI=1S/C27H27NO5/c1-27(2)18-33-25(28-27)21-14-15-22(31-16-19-10-6-4-7-11-19)24(23(21)26(29)30-3)32-17-20-12-8-5-9-13-20/h4-15H,16-18H2,1-3H3. The fraction of sp³-hybridized carbons (Fsp3) is 0.259. The molecule has 0 saturated carbocycles. The van der Waals surface area contributed by atoms with E-state index in [0.29, 0.717) is 36.2 Å². The van der Waals surface area contributed by atoms with Crippen molar-refractivity contribution in [3.63, 3.8) is 0 Å². The van der Waals surface area contributed by atoms with Gasteiger partial charge >= 0.3 is 5.97 Å². The van der Waals surface area contributed by atoms with E-state index in [4.69, 9.17) is 18.9 Å².